The Morgan fingerprint density at radius 2 is 2.16 bits per heavy atom. The van der Waals surface area contributed by atoms with Gasteiger partial charge in [-0.25, -0.2) is 0 Å². The minimum atomic E-state index is -0.240. The van der Waals surface area contributed by atoms with Gasteiger partial charge in [0.15, 0.2) is 0 Å². The molecule has 1 aromatic heterocycles. The van der Waals surface area contributed by atoms with E-state index < -0.39 is 0 Å². The lowest BCUT2D eigenvalue weighted by molar-refractivity contribution is -0.136. The molecule has 6 heteroatoms. The molecule has 1 aromatic rings. The Morgan fingerprint density at radius 3 is 2.88 bits per heavy atom. The van der Waals surface area contributed by atoms with Gasteiger partial charge >= 0.3 is 0 Å². The molecule has 1 fully saturated rings. The van der Waals surface area contributed by atoms with Crippen LogP contribution in [-0.4, -0.2) is 42.1 Å². The van der Waals surface area contributed by atoms with Crippen molar-refractivity contribution in [3.05, 3.63) is 16.0 Å². The van der Waals surface area contributed by atoms with E-state index in [0.717, 1.165) is 37.4 Å². The van der Waals surface area contributed by atoms with Crippen LogP contribution in [0.2, 0.25) is 0 Å². The summed E-state index contributed by atoms with van der Waals surface area (Å²) < 4.78 is 5.89. The number of thiophene rings is 1. The van der Waals surface area contributed by atoms with Gasteiger partial charge in [0.25, 0.3) is 0 Å². The molecule has 1 amide bonds. The zero-order valence-corrected chi connectivity index (χ0v) is 16.2. The zero-order chi connectivity index (χ0) is 18.0. The van der Waals surface area contributed by atoms with Crippen LogP contribution in [0.1, 0.15) is 56.0 Å². The van der Waals surface area contributed by atoms with E-state index in [1.807, 2.05) is 6.92 Å². The number of nitrogens with zero attached hydrogens (tertiary/aromatic N) is 2. The summed E-state index contributed by atoms with van der Waals surface area (Å²) in [5, 5.41) is 13.3. The third kappa shape index (κ3) is 4.41. The minimum Gasteiger partial charge on any atom is -0.370 e. The van der Waals surface area contributed by atoms with Crippen LogP contribution in [0.25, 0.3) is 0 Å². The number of rotatable bonds is 3. The predicted octanol–water partition coefficient (Wildman–Crippen LogP) is 3.33. The summed E-state index contributed by atoms with van der Waals surface area (Å²) in [5.41, 5.74) is 1.61. The van der Waals surface area contributed by atoms with Crippen molar-refractivity contribution in [3.63, 3.8) is 0 Å². The molecule has 2 aliphatic rings. The number of ether oxygens (including phenoxy) is 1. The molecule has 0 aromatic carbocycles. The maximum Gasteiger partial charge on any atom is 0.239 e. The Kier molecular flexibility index (Phi) is 5.47. The molecule has 1 saturated heterocycles. The van der Waals surface area contributed by atoms with Crippen LogP contribution in [0, 0.1) is 11.3 Å². The van der Waals surface area contributed by atoms with Crippen molar-refractivity contribution in [3.8, 4) is 6.07 Å². The van der Waals surface area contributed by atoms with Crippen LogP contribution in [0.15, 0.2) is 0 Å². The number of fused-ring (bicyclic) bond motifs is 1. The van der Waals surface area contributed by atoms with Crippen molar-refractivity contribution in [2.75, 3.05) is 25.0 Å². The van der Waals surface area contributed by atoms with Crippen molar-refractivity contribution < 1.29 is 9.53 Å². The van der Waals surface area contributed by atoms with Gasteiger partial charge in [-0.05, 0) is 52.0 Å². The van der Waals surface area contributed by atoms with Gasteiger partial charge in [0, 0.05) is 18.0 Å². The Balaban J connectivity index is 1.68. The second-order valence-corrected chi connectivity index (χ2v) is 8.89. The highest BCUT2D eigenvalue weighted by molar-refractivity contribution is 7.16. The molecular formula is C19H27N3O2S. The summed E-state index contributed by atoms with van der Waals surface area (Å²) in [6.45, 7) is 7.97. The highest BCUT2D eigenvalue weighted by Gasteiger charge is 2.32. The number of nitriles is 1. The van der Waals surface area contributed by atoms with E-state index in [1.54, 1.807) is 11.3 Å². The van der Waals surface area contributed by atoms with Crippen LogP contribution in [0.4, 0.5) is 5.00 Å². The van der Waals surface area contributed by atoms with E-state index in [9.17, 15) is 10.1 Å². The lowest BCUT2D eigenvalue weighted by atomic mass is 10.1. The van der Waals surface area contributed by atoms with Crippen LogP contribution in [0.5, 0.6) is 0 Å². The molecule has 1 aliphatic heterocycles. The maximum absolute atomic E-state index is 12.6. The quantitative estimate of drug-likeness (QED) is 0.839. The van der Waals surface area contributed by atoms with E-state index in [-0.39, 0.29) is 17.6 Å². The number of aryl methyl sites for hydroxylation is 1. The molecule has 3 rings (SSSR count). The van der Waals surface area contributed by atoms with Crippen molar-refractivity contribution in [1.29, 1.82) is 5.26 Å². The number of carbonyl (C=O) groups excluding carboxylic acids is 1. The molecule has 136 valence electrons. The number of hydrogen-bond donors (Lipinski definition) is 1. The first-order chi connectivity index (χ1) is 11.9. The Morgan fingerprint density at radius 1 is 1.40 bits per heavy atom. The molecule has 5 nitrogen and oxygen atoms in total. The average Bonchev–Trinajstić information content (AvgIpc) is 2.65. The molecule has 25 heavy (non-hydrogen) atoms. The van der Waals surface area contributed by atoms with E-state index in [1.165, 1.54) is 23.3 Å². The fourth-order valence-electron chi connectivity index (χ4n) is 4.02. The van der Waals surface area contributed by atoms with E-state index in [2.05, 4.69) is 30.1 Å². The third-order valence-corrected chi connectivity index (χ3v) is 6.00. The third-order valence-electron chi connectivity index (χ3n) is 4.79. The number of nitrogens with one attached hydrogen (secondary N) is 1. The molecule has 1 aliphatic carbocycles. The summed E-state index contributed by atoms with van der Waals surface area (Å²) in [6.07, 6.45) is 5.63. The molecule has 0 saturated carbocycles. The highest BCUT2D eigenvalue weighted by Crippen LogP contribution is 2.37. The molecule has 1 N–H and O–H groups in total. The fourth-order valence-corrected chi connectivity index (χ4v) is 5.28. The first-order valence-corrected chi connectivity index (χ1v) is 9.94. The standard InChI is InChI=1S/C19H27N3O2S/c1-13-10-22(12-19(2,3)24-13)11-17(23)21-18-15(9-20)14-7-5-4-6-8-16(14)25-18/h13H,4-8,10-12H2,1-3H3,(H,21,23). The van der Waals surface area contributed by atoms with Gasteiger partial charge in [-0.15, -0.1) is 11.3 Å². The van der Waals surface area contributed by atoms with Crippen LogP contribution >= 0.6 is 11.3 Å². The van der Waals surface area contributed by atoms with Gasteiger partial charge in [-0.1, -0.05) is 6.42 Å². The summed E-state index contributed by atoms with van der Waals surface area (Å²) >= 11 is 1.59. The number of morpholine rings is 1. The molecule has 2 heterocycles. The number of amides is 1. The van der Waals surface area contributed by atoms with Crippen LogP contribution in [-0.2, 0) is 22.4 Å². The van der Waals surface area contributed by atoms with E-state index >= 15 is 0 Å². The van der Waals surface area contributed by atoms with Gasteiger partial charge in [-0.3, -0.25) is 9.69 Å². The number of carbonyl (C=O) groups is 1. The molecular weight excluding hydrogens is 334 g/mol. The second-order valence-electron chi connectivity index (χ2n) is 7.79. The SMILES string of the molecule is CC1CN(CC(=O)Nc2sc3c(c2C#N)CCCCC3)CC(C)(C)O1. The second kappa shape index (κ2) is 7.45. The van der Waals surface area contributed by atoms with Crippen LogP contribution in [0.3, 0.4) is 0 Å². The molecule has 0 radical (unpaired) electrons. The normalized spacial score (nSPS) is 23.4. The van der Waals surface area contributed by atoms with Gasteiger partial charge in [0.05, 0.1) is 23.8 Å². The van der Waals surface area contributed by atoms with E-state index in [4.69, 9.17) is 4.74 Å². The Hall–Kier alpha value is -1.42. The predicted molar refractivity (Wildman–Crippen MR) is 100.0 cm³/mol. The maximum atomic E-state index is 12.6. The van der Waals surface area contributed by atoms with Gasteiger partial charge in [-0.2, -0.15) is 5.26 Å². The summed E-state index contributed by atoms with van der Waals surface area (Å²) in [4.78, 5) is 16.0. The molecule has 0 spiro atoms. The highest BCUT2D eigenvalue weighted by atomic mass is 32.1. The lowest BCUT2D eigenvalue weighted by Crippen LogP contribution is -2.53. The monoisotopic (exact) mass is 361 g/mol. The lowest BCUT2D eigenvalue weighted by Gasteiger charge is -2.41. The number of anilines is 1. The Bertz CT molecular complexity index is 690. The fraction of sp³-hybridized carbons (Fsp3) is 0.684. The largest absolute Gasteiger partial charge is 0.370 e. The smallest absolute Gasteiger partial charge is 0.239 e. The summed E-state index contributed by atoms with van der Waals surface area (Å²) in [7, 11) is 0. The summed E-state index contributed by atoms with van der Waals surface area (Å²) in [5.74, 6) is -0.0437. The van der Waals surface area contributed by atoms with Crippen molar-refractivity contribution >= 4 is 22.2 Å². The number of hydrogen-bond acceptors (Lipinski definition) is 5. The molecule has 0 bridgehead atoms. The first kappa shape index (κ1) is 18.4. The summed E-state index contributed by atoms with van der Waals surface area (Å²) in [6, 6.07) is 2.32. The van der Waals surface area contributed by atoms with Gasteiger partial charge in [0.2, 0.25) is 5.91 Å². The Labute approximate surface area is 154 Å². The van der Waals surface area contributed by atoms with Gasteiger partial charge < -0.3 is 10.1 Å². The van der Waals surface area contributed by atoms with E-state index in [0.29, 0.717) is 12.1 Å². The first-order valence-electron chi connectivity index (χ1n) is 9.12. The average molecular weight is 362 g/mol. The molecule has 1 atom stereocenters. The topological polar surface area (TPSA) is 65.4 Å². The van der Waals surface area contributed by atoms with Crippen LogP contribution < -0.4 is 5.32 Å². The van der Waals surface area contributed by atoms with Crippen molar-refractivity contribution in [1.82, 2.24) is 4.90 Å². The minimum absolute atomic E-state index is 0.0437. The van der Waals surface area contributed by atoms with Crippen molar-refractivity contribution in [2.45, 2.75) is 64.6 Å². The molecule has 1 unspecified atom stereocenters. The zero-order valence-electron chi connectivity index (χ0n) is 15.4. The van der Waals surface area contributed by atoms with Crippen molar-refractivity contribution in [2.24, 2.45) is 0 Å². The van der Waals surface area contributed by atoms with Gasteiger partial charge in [0.1, 0.15) is 11.1 Å².